The Kier molecular flexibility index (Phi) is 7.42. The Morgan fingerprint density at radius 1 is 1.09 bits per heavy atom. The Balaban J connectivity index is 1.21. The molecule has 0 spiro atoms. The predicted molar refractivity (Wildman–Crippen MR) is 122 cm³/mol. The number of aromatic nitrogens is 1. The van der Waals surface area contributed by atoms with Crippen molar-refractivity contribution < 1.29 is 27.9 Å². The number of alkyl halides is 3. The monoisotopic (exact) mass is 490 g/mol. The Labute approximate surface area is 201 Å². The predicted octanol–water partition coefficient (Wildman–Crippen LogP) is 2.85. The molecular formula is C25H29F3N4O3. The molecule has 7 nitrogen and oxygen atoms in total. The first-order valence-electron chi connectivity index (χ1n) is 11.8. The summed E-state index contributed by atoms with van der Waals surface area (Å²) in [5.41, 5.74) is -1.26. The summed E-state index contributed by atoms with van der Waals surface area (Å²) in [6.45, 7) is 0.766. The van der Waals surface area contributed by atoms with Crippen molar-refractivity contribution in [3.63, 3.8) is 0 Å². The van der Waals surface area contributed by atoms with Crippen LogP contribution in [0, 0.1) is 0 Å². The van der Waals surface area contributed by atoms with Crippen LogP contribution < -0.4 is 10.6 Å². The zero-order valence-electron chi connectivity index (χ0n) is 19.2. The van der Waals surface area contributed by atoms with E-state index in [1.807, 2.05) is 18.2 Å². The fraction of sp³-hybridized carbons (Fsp3) is 0.480. The normalized spacial score (nSPS) is 24.9. The molecule has 2 aromatic rings. The molecule has 1 atom stereocenters. The van der Waals surface area contributed by atoms with Crippen molar-refractivity contribution in [1.82, 2.24) is 20.5 Å². The molecule has 1 aliphatic carbocycles. The van der Waals surface area contributed by atoms with Crippen molar-refractivity contribution in [2.45, 2.75) is 56.0 Å². The van der Waals surface area contributed by atoms with E-state index >= 15 is 0 Å². The SMILES string of the molecule is O=C(NCC(=O)N1CC[C@H](NC2CCC(O)(c3ccccn3)CC2)C1)c1cccc(C(F)(F)F)c1. The average molecular weight is 491 g/mol. The second-order valence-electron chi connectivity index (χ2n) is 9.27. The van der Waals surface area contributed by atoms with Gasteiger partial charge in [0.15, 0.2) is 0 Å². The van der Waals surface area contributed by atoms with Crippen molar-refractivity contribution in [1.29, 1.82) is 0 Å². The van der Waals surface area contributed by atoms with Crippen molar-refractivity contribution in [2.75, 3.05) is 19.6 Å². The Morgan fingerprint density at radius 2 is 1.86 bits per heavy atom. The van der Waals surface area contributed by atoms with E-state index in [4.69, 9.17) is 0 Å². The molecule has 3 N–H and O–H groups in total. The zero-order valence-corrected chi connectivity index (χ0v) is 19.2. The standard InChI is InChI=1S/C25H29F3N4O3/c26-25(27,28)18-5-3-4-17(14-18)23(34)30-15-22(33)32-13-9-20(16-32)31-19-7-10-24(35,11-8-19)21-6-1-2-12-29-21/h1-6,12,14,19-20,31,35H,7-11,13,15-16H2,(H,30,34)/t19?,20-,24?/m0/s1. The van der Waals surface area contributed by atoms with E-state index in [2.05, 4.69) is 15.6 Å². The summed E-state index contributed by atoms with van der Waals surface area (Å²) in [6, 6.07) is 10.0. The number of halogens is 3. The maximum absolute atomic E-state index is 12.9. The number of likely N-dealkylation sites (tertiary alicyclic amines) is 1. The van der Waals surface area contributed by atoms with Gasteiger partial charge in [-0.3, -0.25) is 14.6 Å². The number of hydrogen-bond acceptors (Lipinski definition) is 5. The summed E-state index contributed by atoms with van der Waals surface area (Å²) < 4.78 is 38.6. The summed E-state index contributed by atoms with van der Waals surface area (Å²) in [6.07, 6.45) is 0.726. The second-order valence-corrected chi connectivity index (χ2v) is 9.27. The minimum atomic E-state index is -4.54. The van der Waals surface area contributed by atoms with Gasteiger partial charge in [0.25, 0.3) is 5.91 Å². The van der Waals surface area contributed by atoms with Gasteiger partial charge in [0.1, 0.15) is 5.60 Å². The lowest BCUT2D eigenvalue weighted by molar-refractivity contribution is -0.137. The molecule has 35 heavy (non-hydrogen) atoms. The number of nitrogens with zero attached hydrogens (tertiary/aromatic N) is 2. The van der Waals surface area contributed by atoms with Crippen molar-refractivity contribution >= 4 is 11.8 Å². The van der Waals surface area contributed by atoms with Gasteiger partial charge in [0.2, 0.25) is 5.91 Å². The molecule has 2 amide bonds. The number of rotatable bonds is 6. The van der Waals surface area contributed by atoms with Gasteiger partial charge in [-0.1, -0.05) is 12.1 Å². The number of aliphatic hydroxyl groups is 1. The van der Waals surface area contributed by atoms with E-state index in [0.717, 1.165) is 31.4 Å². The van der Waals surface area contributed by atoms with Crippen LogP contribution in [0.25, 0.3) is 0 Å². The van der Waals surface area contributed by atoms with Crippen LogP contribution in [0.15, 0.2) is 48.7 Å². The van der Waals surface area contributed by atoms with Gasteiger partial charge in [0, 0.05) is 36.9 Å². The molecule has 1 saturated carbocycles. The lowest BCUT2D eigenvalue weighted by Gasteiger charge is -2.37. The van der Waals surface area contributed by atoms with Crippen LogP contribution in [-0.4, -0.2) is 58.5 Å². The van der Waals surface area contributed by atoms with Gasteiger partial charge in [-0.15, -0.1) is 0 Å². The summed E-state index contributed by atoms with van der Waals surface area (Å²) in [5, 5.41) is 17.0. The third-order valence-corrected chi connectivity index (χ3v) is 6.82. The van der Waals surface area contributed by atoms with Gasteiger partial charge in [-0.25, -0.2) is 0 Å². The molecule has 2 fully saturated rings. The Bertz CT molecular complexity index is 1040. The van der Waals surface area contributed by atoms with Gasteiger partial charge < -0.3 is 20.6 Å². The Morgan fingerprint density at radius 3 is 2.54 bits per heavy atom. The van der Waals surface area contributed by atoms with E-state index in [0.29, 0.717) is 31.6 Å². The number of nitrogens with one attached hydrogen (secondary N) is 2. The summed E-state index contributed by atoms with van der Waals surface area (Å²) in [7, 11) is 0. The molecule has 0 unspecified atom stereocenters. The maximum Gasteiger partial charge on any atom is 0.416 e. The highest BCUT2D eigenvalue weighted by Crippen LogP contribution is 2.36. The highest BCUT2D eigenvalue weighted by Gasteiger charge is 2.37. The number of amides is 2. The molecule has 0 radical (unpaired) electrons. The highest BCUT2D eigenvalue weighted by molar-refractivity contribution is 5.96. The van der Waals surface area contributed by atoms with E-state index in [9.17, 15) is 27.9 Å². The minimum absolute atomic E-state index is 0.115. The molecule has 188 valence electrons. The van der Waals surface area contributed by atoms with Crippen molar-refractivity contribution in [3.05, 3.63) is 65.5 Å². The first-order chi connectivity index (χ1) is 16.6. The average Bonchev–Trinajstić information content (AvgIpc) is 3.32. The van der Waals surface area contributed by atoms with Crippen molar-refractivity contribution in [3.8, 4) is 0 Å². The zero-order chi connectivity index (χ0) is 25.1. The molecule has 4 rings (SSSR count). The van der Waals surface area contributed by atoms with Gasteiger partial charge in [0.05, 0.1) is 17.8 Å². The molecule has 10 heteroatoms. The van der Waals surface area contributed by atoms with E-state index in [1.165, 1.54) is 12.1 Å². The molecule has 2 heterocycles. The van der Waals surface area contributed by atoms with Gasteiger partial charge in [-0.2, -0.15) is 13.2 Å². The fourth-order valence-corrected chi connectivity index (χ4v) is 4.82. The molecule has 1 aromatic heterocycles. The first kappa shape index (κ1) is 25.1. The van der Waals surface area contributed by atoms with Crippen LogP contribution in [0.4, 0.5) is 13.2 Å². The molecule has 2 aliphatic rings. The number of hydrogen-bond donors (Lipinski definition) is 3. The van der Waals surface area contributed by atoms with Crippen molar-refractivity contribution in [2.24, 2.45) is 0 Å². The van der Waals surface area contributed by atoms with Crippen LogP contribution in [-0.2, 0) is 16.6 Å². The van der Waals surface area contributed by atoms with E-state index in [1.54, 1.807) is 11.1 Å². The molecular weight excluding hydrogens is 461 g/mol. The first-order valence-corrected chi connectivity index (χ1v) is 11.8. The van der Waals surface area contributed by atoms with Crippen LogP contribution in [0.2, 0.25) is 0 Å². The number of pyridine rings is 1. The largest absolute Gasteiger partial charge is 0.416 e. The third kappa shape index (κ3) is 6.18. The summed E-state index contributed by atoms with van der Waals surface area (Å²) in [4.78, 5) is 30.7. The number of carbonyl (C=O) groups excluding carboxylic acids is 2. The smallest absolute Gasteiger partial charge is 0.384 e. The fourth-order valence-electron chi connectivity index (χ4n) is 4.82. The topological polar surface area (TPSA) is 94.6 Å². The number of carbonyl (C=O) groups is 2. The molecule has 1 aliphatic heterocycles. The van der Waals surface area contributed by atoms with Crippen LogP contribution >= 0.6 is 0 Å². The van der Waals surface area contributed by atoms with Crippen LogP contribution in [0.3, 0.4) is 0 Å². The second kappa shape index (κ2) is 10.3. The Hall–Kier alpha value is -2.98. The maximum atomic E-state index is 12.9. The summed E-state index contributed by atoms with van der Waals surface area (Å²) in [5.74, 6) is -0.997. The summed E-state index contributed by atoms with van der Waals surface area (Å²) >= 11 is 0. The van der Waals surface area contributed by atoms with Gasteiger partial charge in [-0.05, 0) is 62.4 Å². The minimum Gasteiger partial charge on any atom is -0.384 e. The molecule has 0 bridgehead atoms. The lowest BCUT2D eigenvalue weighted by atomic mass is 9.79. The van der Waals surface area contributed by atoms with E-state index < -0.39 is 23.2 Å². The van der Waals surface area contributed by atoms with Crippen LogP contribution in [0.1, 0.15) is 53.7 Å². The van der Waals surface area contributed by atoms with Gasteiger partial charge >= 0.3 is 6.18 Å². The highest BCUT2D eigenvalue weighted by atomic mass is 19.4. The third-order valence-electron chi connectivity index (χ3n) is 6.82. The quantitative estimate of drug-likeness (QED) is 0.579. The lowest BCUT2D eigenvalue weighted by Crippen LogP contribution is -2.46. The number of benzene rings is 1. The van der Waals surface area contributed by atoms with Crippen LogP contribution in [0.5, 0.6) is 0 Å². The molecule has 1 aromatic carbocycles. The molecule has 1 saturated heterocycles. The van der Waals surface area contributed by atoms with E-state index in [-0.39, 0.29) is 30.1 Å².